The average molecular weight is 288 g/mol. The van der Waals surface area contributed by atoms with Gasteiger partial charge in [0.05, 0.1) is 5.69 Å². The number of aryl methyl sites for hydroxylation is 2. The predicted molar refractivity (Wildman–Crippen MR) is 84.7 cm³/mol. The van der Waals surface area contributed by atoms with Gasteiger partial charge in [-0.05, 0) is 46.8 Å². The summed E-state index contributed by atoms with van der Waals surface area (Å²) >= 11 is 0. The molecule has 1 aliphatic carbocycles. The van der Waals surface area contributed by atoms with Crippen molar-refractivity contribution in [2.45, 2.75) is 32.1 Å². The molecule has 3 rings (SSSR count). The summed E-state index contributed by atoms with van der Waals surface area (Å²) in [5.74, 6) is 2.47. The van der Waals surface area contributed by atoms with E-state index in [9.17, 15) is 0 Å². The van der Waals surface area contributed by atoms with Crippen LogP contribution in [0.25, 0.3) is 11.0 Å². The number of hydrogen-bond donors (Lipinski definition) is 1. The number of nitrogens with zero attached hydrogens (tertiary/aromatic N) is 5. The minimum absolute atomic E-state index is 0.552. The van der Waals surface area contributed by atoms with E-state index in [0.717, 1.165) is 47.9 Å². The molecule has 6 nitrogen and oxygen atoms in total. The summed E-state index contributed by atoms with van der Waals surface area (Å²) in [6.45, 7) is 4.00. The Morgan fingerprint density at radius 3 is 2.71 bits per heavy atom. The Bertz CT molecular complexity index is 641. The van der Waals surface area contributed by atoms with Crippen LogP contribution in [0.15, 0.2) is 0 Å². The predicted octanol–water partition coefficient (Wildman–Crippen LogP) is 1.91. The van der Waals surface area contributed by atoms with Crippen molar-refractivity contribution in [3.8, 4) is 0 Å². The summed E-state index contributed by atoms with van der Waals surface area (Å²) in [5.41, 5.74) is 2.99. The maximum Gasteiger partial charge on any atom is 0.156 e. The smallest absolute Gasteiger partial charge is 0.156 e. The van der Waals surface area contributed by atoms with E-state index in [0.29, 0.717) is 5.92 Å². The first-order chi connectivity index (χ1) is 10.1. The maximum atomic E-state index is 4.76. The quantitative estimate of drug-likeness (QED) is 0.823. The van der Waals surface area contributed by atoms with Crippen LogP contribution in [0.5, 0.6) is 0 Å². The second-order valence-electron chi connectivity index (χ2n) is 6.19. The van der Waals surface area contributed by atoms with Gasteiger partial charge >= 0.3 is 0 Å². The fraction of sp³-hybridized carbons (Fsp3) is 0.667. The van der Waals surface area contributed by atoms with Crippen molar-refractivity contribution in [3.63, 3.8) is 0 Å². The van der Waals surface area contributed by atoms with Gasteiger partial charge in [0.2, 0.25) is 0 Å². The zero-order valence-electron chi connectivity index (χ0n) is 13.3. The highest BCUT2D eigenvalue weighted by Crippen LogP contribution is 2.39. The average Bonchev–Trinajstić information content (AvgIpc) is 3.22. The van der Waals surface area contributed by atoms with Gasteiger partial charge in [0, 0.05) is 19.5 Å². The van der Waals surface area contributed by atoms with E-state index < -0.39 is 0 Å². The van der Waals surface area contributed by atoms with Crippen molar-refractivity contribution in [2.24, 2.45) is 7.05 Å². The van der Waals surface area contributed by atoms with Crippen molar-refractivity contribution in [1.29, 1.82) is 0 Å². The lowest BCUT2D eigenvalue weighted by atomic mass is 10.3. The van der Waals surface area contributed by atoms with Crippen molar-refractivity contribution in [2.75, 3.05) is 32.5 Å². The largest absolute Gasteiger partial charge is 0.368 e. The molecule has 0 aromatic carbocycles. The summed E-state index contributed by atoms with van der Waals surface area (Å²) in [5, 5.41) is 7.98. The van der Waals surface area contributed by atoms with Crippen LogP contribution in [-0.2, 0) is 7.05 Å². The molecule has 2 heterocycles. The molecule has 0 amide bonds. The Morgan fingerprint density at radius 2 is 2.05 bits per heavy atom. The third-order valence-corrected chi connectivity index (χ3v) is 3.88. The van der Waals surface area contributed by atoms with E-state index >= 15 is 0 Å². The van der Waals surface area contributed by atoms with Gasteiger partial charge in [0.1, 0.15) is 16.9 Å². The van der Waals surface area contributed by atoms with E-state index in [4.69, 9.17) is 9.97 Å². The van der Waals surface area contributed by atoms with Crippen LogP contribution < -0.4 is 5.32 Å². The van der Waals surface area contributed by atoms with E-state index in [1.165, 1.54) is 12.8 Å². The van der Waals surface area contributed by atoms with E-state index in [2.05, 4.69) is 29.4 Å². The zero-order valence-corrected chi connectivity index (χ0v) is 13.3. The minimum atomic E-state index is 0.552. The summed E-state index contributed by atoms with van der Waals surface area (Å²) in [6.07, 6.45) is 3.52. The molecule has 2 aromatic heterocycles. The van der Waals surface area contributed by atoms with E-state index in [1.807, 2.05) is 18.7 Å². The monoisotopic (exact) mass is 288 g/mol. The fourth-order valence-corrected chi connectivity index (χ4v) is 2.60. The van der Waals surface area contributed by atoms with Crippen LogP contribution >= 0.6 is 0 Å². The Balaban J connectivity index is 1.87. The third kappa shape index (κ3) is 3.00. The number of hydrogen-bond acceptors (Lipinski definition) is 5. The molecule has 1 saturated carbocycles. The second kappa shape index (κ2) is 5.60. The topological polar surface area (TPSA) is 58.9 Å². The zero-order chi connectivity index (χ0) is 15.0. The lowest BCUT2D eigenvalue weighted by Gasteiger charge is -2.12. The fourth-order valence-electron chi connectivity index (χ4n) is 2.60. The lowest BCUT2D eigenvalue weighted by molar-refractivity contribution is 0.405. The van der Waals surface area contributed by atoms with Crippen molar-refractivity contribution >= 4 is 16.9 Å². The molecule has 0 spiro atoms. The molecule has 0 bridgehead atoms. The minimum Gasteiger partial charge on any atom is -0.368 e. The molecule has 1 aliphatic rings. The number of nitrogens with one attached hydrogen (secondary N) is 1. The molecule has 0 radical (unpaired) electrons. The number of rotatable bonds is 6. The number of fused-ring (bicyclic) bond motifs is 1. The molecule has 1 N–H and O–H groups in total. The van der Waals surface area contributed by atoms with Gasteiger partial charge in [-0.15, -0.1) is 0 Å². The van der Waals surface area contributed by atoms with Gasteiger partial charge in [-0.3, -0.25) is 4.68 Å². The number of anilines is 1. The summed E-state index contributed by atoms with van der Waals surface area (Å²) < 4.78 is 1.88. The second-order valence-corrected chi connectivity index (χ2v) is 6.19. The van der Waals surface area contributed by atoms with Crippen molar-refractivity contribution < 1.29 is 0 Å². The first kappa shape index (κ1) is 14.3. The van der Waals surface area contributed by atoms with Gasteiger partial charge in [-0.2, -0.15) is 5.10 Å². The Kier molecular flexibility index (Phi) is 3.80. The molecule has 2 aromatic rings. The SMILES string of the molecule is Cc1nn(C)c2c(NCCCN(C)C)nc(C3CC3)nc12. The van der Waals surface area contributed by atoms with Gasteiger partial charge in [-0.25, -0.2) is 9.97 Å². The third-order valence-electron chi connectivity index (χ3n) is 3.88. The van der Waals surface area contributed by atoms with Crippen LogP contribution in [0.2, 0.25) is 0 Å². The van der Waals surface area contributed by atoms with Crippen molar-refractivity contribution in [1.82, 2.24) is 24.6 Å². The number of aromatic nitrogens is 4. The van der Waals surface area contributed by atoms with Gasteiger partial charge < -0.3 is 10.2 Å². The molecule has 0 atom stereocenters. The van der Waals surface area contributed by atoms with Gasteiger partial charge in [0.15, 0.2) is 5.82 Å². The van der Waals surface area contributed by atoms with Gasteiger partial charge in [0.25, 0.3) is 0 Å². The van der Waals surface area contributed by atoms with Crippen LogP contribution in [0, 0.1) is 6.92 Å². The first-order valence-electron chi connectivity index (χ1n) is 7.66. The lowest BCUT2D eigenvalue weighted by Crippen LogP contribution is -2.17. The first-order valence-corrected chi connectivity index (χ1v) is 7.66. The highest BCUT2D eigenvalue weighted by atomic mass is 15.3. The molecule has 0 saturated heterocycles. The normalized spacial score (nSPS) is 15.1. The molecule has 0 aliphatic heterocycles. The Morgan fingerprint density at radius 1 is 1.29 bits per heavy atom. The summed E-state index contributed by atoms with van der Waals surface area (Å²) in [4.78, 5) is 11.7. The van der Waals surface area contributed by atoms with Crippen LogP contribution in [-0.4, -0.2) is 51.8 Å². The molecular formula is C15H24N6. The summed E-state index contributed by atoms with van der Waals surface area (Å²) in [6, 6.07) is 0. The van der Waals surface area contributed by atoms with Crippen LogP contribution in [0.1, 0.15) is 36.7 Å². The highest BCUT2D eigenvalue weighted by Gasteiger charge is 2.28. The molecule has 114 valence electrons. The van der Waals surface area contributed by atoms with Gasteiger partial charge in [-0.1, -0.05) is 0 Å². The maximum absolute atomic E-state index is 4.76. The summed E-state index contributed by atoms with van der Waals surface area (Å²) in [7, 11) is 6.15. The Labute approximate surface area is 125 Å². The van der Waals surface area contributed by atoms with Crippen LogP contribution in [0.3, 0.4) is 0 Å². The molecular weight excluding hydrogens is 264 g/mol. The molecule has 1 fully saturated rings. The van der Waals surface area contributed by atoms with Crippen LogP contribution in [0.4, 0.5) is 5.82 Å². The standard InChI is InChI=1S/C15H24N6/c1-10-12-13(21(4)19-10)15(16-8-5-9-20(2)3)18-14(17-12)11-6-7-11/h11H,5-9H2,1-4H3,(H,16,17,18). The molecule has 21 heavy (non-hydrogen) atoms. The highest BCUT2D eigenvalue weighted by molar-refractivity contribution is 5.87. The van der Waals surface area contributed by atoms with E-state index in [-0.39, 0.29) is 0 Å². The van der Waals surface area contributed by atoms with Crippen molar-refractivity contribution in [3.05, 3.63) is 11.5 Å². The molecule has 0 unspecified atom stereocenters. The van der Waals surface area contributed by atoms with E-state index in [1.54, 1.807) is 0 Å². The molecule has 6 heteroatoms. The Hall–Kier alpha value is -1.69.